The van der Waals surface area contributed by atoms with E-state index in [9.17, 15) is 38.7 Å². The molecule has 4 fully saturated rings. The minimum absolute atomic E-state index is 0.0630. The number of aliphatic hydroxyl groups is 1. The predicted molar refractivity (Wildman–Crippen MR) is 175 cm³/mol. The Bertz CT molecular complexity index is 1690. The zero-order chi connectivity index (χ0) is 38.6. The van der Waals surface area contributed by atoms with Gasteiger partial charge in [-0.2, -0.15) is 0 Å². The average Bonchev–Trinajstić information content (AvgIpc) is 3.19. The van der Waals surface area contributed by atoms with Crippen LogP contribution in [-0.2, 0) is 61.9 Å². The molecule has 0 radical (unpaired) electrons. The standard InChI is InChI=1S/C37H44O15/c1-18-26(48-19(2)38)15-28(49-20(3)39)36(17-46-33(44)24-12-10-9-11-13-24)29(18)30(50-21(4)40)25-14-27(43)35(8)37(45,34(25,7)16-47-35)32(52-23(6)42)31(36)51-22(5)41/h9-13,25-26,28-32,45H,1,14-17H2,2-8H3/t25-,26-,28?,29-,30+,31-,32-,34-,35+,36?,37-/m0/s1. The second kappa shape index (κ2) is 13.7. The van der Waals surface area contributed by atoms with E-state index in [1.807, 2.05) is 0 Å². The van der Waals surface area contributed by atoms with Gasteiger partial charge in [0.25, 0.3) is 0 Å². The van der Waals surface area contributed by atoms with Crippen molar-refractivity contribution >= 4 is 41.6 Å². The van der Waals surface area contributed by atoms with Crippen LogP contribution in [0.3, 0.4) is 0 Å². The van der Waals surface area contributed by atoms with Gasteiger partial charge in [-0.25, -0.2) is 4.79 Å². The van der Waals surface area contributed by atoms with E-state index < -0.39 is 113 Å². The molecule has 15 nitrogen and oxygen atoms in total. The molecule has 3 saturated carbocycles. The van der Waals surface area contributed by atoms with Crippen molar-refractivity contribution in [2.45, 2.75) is 103 Å². The van der Waals surface area contributed by atoms with Crippen LogP contribution in [0.15, 0.2) is 42.5 Å². The second-order valence-corrected chi connectivity index (χ2v) is 14.4. The van der Waals surface area contributed by atoms with Gasteiger partial charge < -0.3 is 38.3 Å². The van der Waals surface area contributed by atoms with Crippen molar-refractivity contribution in [3.8, 4) is 0 Å². The topological polar surface area (TPSA) is 204 Å². The highest BCUT2D eigenvalue weighted by molar-refractivity contribution is 5.92. The lowest BCUT2D eigenvalue weighted by Crippen LogP contribution is -2.81. The lowest BCUT2D eigenvalue weighted by Gasteiger charge is -2.65. The van der Waals surface area contributed by atoms with E-state index in [1.54, 1.807) is 25.1 Å². The SMILES string of the molecule is C=C1[C@@H](OC(C)=O)CC(OC(C)=O)C2(COC(=O)c3ccccc3)[C@@H](OC(C)=O)[C@H](OC(C)=O)[C@]3(O)[C@@]4(C)CO[C@]3(C)C(=O)C[C@H]4[C@@H](OC(C)=O)[C@H]12. The zero-order valence-electron chi connectivity index (χ0n) is 30.1. The molecule has 4 aliphatic rings. The van der Waals surface area contributed by atoms with Crippen LogP contribution in [-0.4, -0.2) is 102 Å². The van der Waals surface area contributed by atoms with Crippen LogP contribution in [0.1, 0.15) is 71.7 Å². The number of hydrogen-bond acceptors (Lipinski definition) is 15. The van der Waals surface area contributed by atoms with E-state index >= 15 is 0 Å². The highest BCUT2D eigenvalue weighted by atomic mass is 16.6. The van der Waals surface area contributed by atoms with Gasteiger partial charge in [0.2, 0.25) is 0 Å². The smallest absolute Gasteiger partial charge is 0.338 e. The molecule has 11 atom stereocenters. The molecule has 0 aromatic heterocycles. The quantitative estimate of drug-likeness (QED) is 0.232. The van der Waals surface area contributed by atoms with Gasteiger partial charge in [0.15, 0.2) is 23.6 Å². The Morgan fingerprint density at radius 3 is 1.94 bits per heavy atom. The number of Topliss-reactive ketones (excluding diaryl/α,β-unsaturated/α-hetero) is 1. The van der Waals surface area contributed by atoms with Crippen LogP contribution in [0.4, 0.5) is 0 Å². The first-order valence-corrected chi connectivity index (χ1v) is 16.9. The Labute approximate surface area is 300 Å². The normalized spacial score (nSPS) is 37.7. The Balaban J connectivity index is 1.93. The first-order valence-electron chi connectivity index (χ1n) is 16.9. The molecule has 1 aliphatic heterocycles. The van der Waals surface area contributed by atoms with Crippen LogP contribution in [0.25, 0.3) is 0 Å². The first-order chi connectivity index (χ1) is 24.2. The summed E-state index contributed by atoms with van der Waals surface area (Å²) < 4.78 is 41.9. The Morgan fingerprint density at radius 1 is 0.827 bits per heavy atom. The van der Waals surface area contributed by atoms with Gasteiger partial charge in [-0.15, -0.1) is 0 Å². The summed E-state index contributed by atoms with van der Waals surface area (Å²) in [6.07, 6.45) is -8.82. The average molecular weight is 729 g/mol. The summed E-state index contributed by atoms with van der Waals surface area (Å²) in [6, 6.07) is 7.85. The number of ether oxygens (including phenoxy) is 7. The predicted octanol–water partition coefficient (Wildman–Crippen LogP) is 2.19. The van der Waals surface area contributed by atoms with Gasteiger partial charge >= 0.3 is 35.8 Å². The molecular formula is C37H44O15. The Morgan fingerprint density at radius 2 is 1.38 bits per heavy atom. The molecule has 1 heterocycles. The van der Waals surface area contributed by atoms with Gasteiger partial charge in [0.05, 0.1) is 17.6 Å². The van der Waals surface area contributed by atoms with E-state index in [0.717, 1.165) is 34.6 Å². The summed E-state index contributed by atoms with van der Waals surface area (Å²) in [5.41, 5.74) is -8.10. The molecular weight excluding hydrogens is 684 g/mol. The van der Waals surface area contributed by atoms with E-state index in [2.05, 4.69) is 6.58 Å². The number of hydrogen-bond donors (Lipinski definition) is 1. The molecule has 2 unspecified atom stereocenters. The summed E-state index contributed by atoms with van der Waals surface area (Å²) in [7, 11) is 0. The zero-order valence-corrected chi connectivity index (χ0v) is 30.1. The van der Waals surface area contributed by atoms with E-state index in [4.69, 9.17) is 33.2 Å². The lowest BCUT2D eigenvalue weighted by molar-refractivity contribution is -0.302. The summed E-state index contributed by atoms with van der Waals surface area (Å²) >= 11 is 0. The molecule has 1 aromatic carbocycles. The van der Waals surface area contributed by atoms with Crippen molar-refractivity contribution in [3.05, 3.63) is 48.0 Å². The third-order valence-corrected chi connectivity index (χ3v) is 11.3. The maximum Gasteiger partial charge on any atom is 0.338 e. The molecule has 5 rings (SSSR count). The van der Waals surface area contributed by atoms with E-state index in [1.165, 1.54) is 19.1 Å². The summed E-state index contributed by atoms with van der Waals surface area (Å²) in [5, 5.41) is 13.2. The van der Waals surface area contributed by atoms with Crippen molar-refractivity contribution < 1.29 is 71.8 Å². The number of esters is 6. The molecule has 15 heteroatoms. The Hall–Kier alpha value is -4.63. The largest absolute Gasteiger partial charge is 0.462 e. The number of carbonyl (C=O) groups excluding carboxylic acids is 7. The molecule has 4 bridgehead atoms. The second-order valence-electron chi connectivity index (χ2n) is 14.4. The molecule has 0 spiro atoms. The van der Waals surface area contributed by atoms with Gasteiger partial charge in [-0.05, 0) is 24.6 Å². The van der Waals surface area contributed by atoms with Crippen molar-refractivity contribution in [2.75, 3.05) is 13.2 Å². The molecule has 1 aromatic rings. The molecule has 1 saturated heterocycles. The third kappa shape index (κ3) is 5.96. The molecule has 1 N–H and O–H groups in total. The number of carbonyl (C=O) groups is 7. The van der Waals surface area contributed by atoms with Gasteiger partial charge in [0, 0.05) is 64.7 Å². The van der Waals surface area contributed by atoms with Gasteiger partial charge in [-0.1, -0.05) is 31.7 Å². The molecule has 52 heavy (non-hydrogen) atoms. The summed E-state index contributed by atoms with van der Waals surface area (Å²) in [6.45, 7) is 11.5. The van der Waals surface area contributed by atoms with Crippen LogP contribution in [0, 0.1) is 22.7 Å². The highest BCUT2D eigenvalue weighted by Gasteiger charge is 2.83. The van der Waals surface area contributed by atoms with Crippen LogP contribution in [0.2, 0.25) is 0 Å². The minimum atomic E-state index is -2.51. The van der Waals surface area contributed by atoms with Crippen LogP contribution >= 0.6 is 0 Å². The van der Waals surface area contributed by atoms with Crippen molar-refractivity contribution in [1.29, 1.82) is 0 Å². The van der Waals surface area contributed by atoms with Gasteiger partial charge in [-0.3, -0.25) is 28.8 Å². The number of benzene rings is 1. The lowest BCUT2D eigenvalue weighted by atomic mass is 9.43. The number of ketones is 1. The number of fused-ring (bicyclic) bond motifs is 1. The highest BCUT2D eigenvalue weighted by Crippen LogP contribution is 2.67. The number of rotatable bonds is 8. The van der Waals surface area contributed by atoms with Crippen molar-refractivity contribution in [3.63, 3.8) is 0 Å². The summed E-state index contributed by atoms with van der Waals surface area (Å²) in [4.78, 5) is 92.7. The molecule has 0 amide bonds. The fourth-order valence-corrected chi connectivity index (χ4v) is 9.17. The Kier molecular flexibility index (Phi) is 10.2. The van der Waals surface area contributed by atoms with Crippen molar-refractivity contribution in [1.82, 2.24) is 0 Å². The fraction of sp³-hybridized carbons (Fsp3) is 0.595. The molecule has 3 aliphatic carbocycles. The fourth-order valence-electron chi connectivity index (χ4n) is 9.17. The first kappa shape index (κ1) is 38.6. The summed E-state index contributed by atoms with van der Waals surface area (Å²) in [5.74, 6) is -8.44. The van der Waals surface area contributed by atoms with E-state index in [-0.39, 0.29) is 30.6 Å². The maximum atomic E-state index is 14.2. The van der Waals surface area contributed by atoms with Crippen LogP contribution < -0.4 is 0 Å². The monoisotopic (exact) mass is 728 g/mol. The maximum absolute atomic E-state index is 14.2. The van der Waals surface area contributed by atoms with E-state index in [0.29, 0.717) is 0 Å². The van der Waals surface area contributed by atoms with Gasteiger partial charge in [0.1, 0.15) is 30.5 Å². The molecule has 282 valence electrons. The van der Waals surface area contributed by atoms with Crippen molar-refractivity contribution in [2.24, 2.45) is 22.7 Å². The van der Waals surface area contributed by atoms with Crippen LogP contribution in [0.5, 0.6) is 0 Å². The third-order valence-electron chi connectivity index (χ3n) is 11.3. The minimum Gasteiger partial charge on any atom is -0.462 e.